The number of aromatic nitrogens is 2. The Kier molecular flexibility index (Phi) is 9.51. The van der Waals surface area contributed by atoms with Gasteiger partial charge in [-0.1, -0.05) is 31.0 Å². The summed E-state index contributed by atoms with van der Waals surface area (Å²) in [6.07, 6.45) is 9.29. The van der Waals surface area contributed by atoms with Gasteiger partial charge in [-0.25, -0.2) is 4.98 Å². The maximum atomic E-state index is 11.1. The highest BCUT2D eigenvalue weighted by atomic mass is 16.5. The van der Waals surface area contributed by atoms with E-state index in [0.29, 0.717) is 19.6 Å². The number of aliphatic hydroxyl groups is 1. The van der Waals surface area contributed by atoms with Crippen molar-refractivity contribution < 1.29 is 14.6 Å². The molecular formula is C21H32N4O3. The van der Waals surface area contributed by atoms with Crippen molar-refractivity contribution in [3.8, 4) is 5.75 Å². The molecule has 0 fully saturated rings. The van der Waals surface area contributed by atoms with Crippen LogP contribution in [0.4, 0.5) is 0 Å². The van der Waals surface area contributed by atoms with Gasteiger partial charge >= 0.3 is 0 Å². The molecule has 0 saturated heterocycles. The Balaban J connectivity index is 1.72. The minimum Gasteiger partial charge on any atom is -0.493 e. The number of carbonyl (C=O) groups excluding carboxylic acids is 1. The van der Waals surface area contributed by atoms with Crippen LogP contribution in [0, 0.1) is 0 Å². The highest BCUT2D eigenvalue weighted by molar-refractivity contribution is 5.90. The van der Waals surface area contributed by atoms with Gasteiger partial charge in [-0.15, -0.1) is 0 Å². The van der Waals surface area contributed by atoms with Crippen LogP contribution in [-0.2, 0) is 13.0 Å². The molecule has 28 heavy (non-hydrogen) atoms. The minimum absolute atomic E-state index is 0.210. The number of nitrogens with two attached hydrogens (primary N) is 2. The number of carbonyl (C=O) groups is 1. The second-order valence-electron chi connectivity index (χ2n) is 7.03. The standard InChI is InChI=1S/C21H32N4O3/c22-12-5-1-2-6-13-28-20-11-4-3-8-17(20)9-7-10-18(26)14-25-15-19(21(23)27)24-16-25/h3-4,8,11,15-16,18,26H,1-2,5-7,9-10,12-14,22H2,(H2,23,27)/t18-/m0/s1. The van der Waals surface area contributed by atoms with Crippen LogP contribution in [0.5, 0.6) is 5.75 Å². The second kappa shape index (κ2) is 12.2. The molecule has 2 rings (SSSR count). The molecule has 2 aromatic rings. The van der Waals surface area contributed by atoms with Crippen LogP contribution in [0.2, 0.25) is 0 Å². The van der Waals surface area contributed by atoms with Crippen LogP contribution >= 0.6 is 0 Å². The summed E-state index contributed by atoms with van der Waals surface area (Å²) < 4.78 is 7.63. The maximum absolute atomic E-state index is 11.1. The lowest BCUT2D eigenvalue weighted by Crippen LogP contribution is -2.15. The van der Waals surface area contributed by atoms with Crippen LogP contribution in [-0.4, -0.2) is 39.8 Å². The van der Waals surface area contributed by atoms with E-state index >= 15 is 0 Å². The lowest BCUT2D eigenvalue weighted by molar-refractivity contribution is 0.0995. The van der Waals surface area contributed by atoms with Gasteiger partial charge < -0.3 is 25.9 Å². The van der Waals surface area contributed by atoms with Crippen molar-refractivity contribution in [3.05, 3.63) is 48.0 Å². The fraction of sp³-hybridized carbons (Fsp3) is 0.524. The van der Waals surface area contributed by atoms with Gasteiger partial charge in [0.2, 0.25) is 0 Å². The number of primary amides is 1. The van der Waals surface area contributed by atoms with Gasteiger partial charge in [0.1, 0.15) is 11.4 Å². The van der Waals surface area contributed by atoms with E-state index in [4.69, 9.17) is 16.2 Å². The number of para-hydroxylation sites is 1. The normalized spacial score (nSPS) is 12.1. The van der Waals surface area contributed by atoms with Crippen molar-refractivity contribution in [3.63, 3.8) is 0 Å². The Morgan fingerprint density at radius 1 is 1.18 bits per heavy atom. The number of aliphatic hydroxyl groups excluding tert-OH is 1. The van der Waals surface area contributed by atoms with Gasteiger partial charge in [0.25, 0.3) is 5.91 Å². The van der Waals surface area contributed by atoms with E-state index in [2.05, 4.69) is 11.1 Å². The van der Waals surface area contributed by atoms with E-state index in [0.717, 1.165) is 56.4 Å². The summed E-state index contributed by atoms with van der Waals surface area (Å²) in [5, 5.41) is 10.2. The first-order valence-corrected chi connectivity index (χ1v) is 10.0. The van der Waals surface area contributed by atoms with Gasteiger partial charge in [0.05, 0.1) is 19.0 Å². The molecule has 1 amide bonds. The molecule has 0 unspecified atom stereocenters. The van der Waals surface area contributed by atoms with E-state index in [-0.39, 0.29) is 5.69 Å². The summed E-state index contributed by atoms with van der Waals surface area (Å²) in [7, 11) is 0. The smallest absolute Gasteiger partial charge is 0.268 e. The Hall–Kier alpha value is -2.38. The zero-order chi connectivity index (χ0) is 20.2. The molecule has 1 aromatic heterocycles. The van der Waals surface area contributed by atoms with Crippen LogP contribution in [0.25, 0.3) is 0 Å². The SMILES string of the molecule is NCCCCCCOc1ccccc1CCC[C@H](O)Cn1cnc(C(N)=O)c1. The zero-order valence-corrected chi connectivity index (χ0v) is 16.4. The second-order valence-corrected chi connectivity index (χ2v) is 7.03. The molecule has 0 spiro atoms. The number of benzene rings is 1. The summed E-state index contributed by atoms with van der Waals surface area (Å²) in [4.78, 5) is 15.0. The Labute approximate surface area is 166 Å². The van der Waals surface area contributed by atoms with Gasteiger partial charge in [-0.2, -0.15) is 0 Å². The van der Waals surface area contributed by atoms with Gasteiger partial charge in [-0.05, 0) is 50.3 Å². The first-order chi connectivity index (χ1) is 13.6. The highest BCUT2D eigenvalue weighted by Gasteiger charge is 2.10. The van der Waals surface area contributed by atoms with E-state index in [1.54, 1.807) is 10.8 Å². The summed E-state index contributed by atoms with van der Waals surface area (Å²) in [6, 6.07) is 8.07. The Morgan fingerprint density at radius 2 is 1.96 bits per heavy atom. The molecule has 154 valence electrons. The van der Waals surface area contributed by atoms with E-state index < -0.39 is 12.0 Å². The number of nitrogens with zero attached hydrogens (tertiary/aromatic N) is 2. The number of ether oxygens (including phenoxy) is 1. The summed E-state index contributed by atoms with van der Waals surface area (Å²) in [5.41, 5.74) is 12.1. The van der Waals surface area contributed by atoms with Crippen LogP contribution < -0.4 is 16.2 Å². The first-order valence-electron chi connectivity index (χ1n) is 10.0. The summed E-state index contributed by atoms with van der Waals surface area (Å²) in [6.45, 7) is 1.86. The third kappa shape index (κ3) is 7.70. The van der Waals surface area contributed by atoms with Crippen molar-refractivity contribution in [1.29, 1.82) is 0 Å². The number of imidazole rings is 1. The van der Waals surface area contributed by atoms with Crippen molar-refractivity contribution in [1.82, 2.24) is 9.55 Å². The average Bonchev–Trinajstić information content (AvgIpc) is 3.14. The number of hydrogen-bond acceptors (Lipinski definition) is 5. The molecule has 0 aliphatic heterocycles. The lowest BCUT2D eigenvalue weighted by Gasteiger charge is -2.13. The van der Waals surface area contributed by atoms with Crippen LogP contribution in [0.15, 0.2) is 36.8 Å². The van der Waals surface area contributed by atoms with Crippen molar-refractivity contribution >= 4 is 5.91 Å². The molecule has 0 aliphatic carbocycles. The highest BCUT2D eigenvalue weighted by Crippen LogP contribution is 2.21. The van der Waals surface area contributed by atoms with E-state index in [9.17, 15) is 9.90 Å². The molecule has 0 saturated carbocycles. The number of hydrogen-bond donors (Lipinski definition) is 3. The molecule has 5 N–H and O–H groups in total. The molecule has 7 nitrogen and oxygen atoms in total. The largest absolute Gasteiger partial charge is 0.493 e. The minimum atomic E-state index is -0.566. The Bertz CT molecular complexity index is 717. The van der Waals surface area contributed by atoms with Crippen molar-refractivity contribution in [2.75, 3.05) is 13.2 Å². The maximum Gasteiger partial charge on any atom is 0.268 e. The number of rotatable bonds is 14. The summed E-state index contributed by atoms with van der Waals surface area (Å²) in [5.74, 6) is 0.362. The topological polar surface area (TPSA) is 116 Å². The van der Waals surface area contributed by atoms with Crippen molar-refractivity contribution in [2.24, 2.45) is 11.5 Å². The monoisotopic (exact) mass is 388 g/mol. The third-order valence-electron chi connectivity index (χ3n) is 4.62. The summed E-state index contributed by atoms with van der Waals surface area (Å²) >= 11 is 0. The average molecular weight is 389 g/mol. The number of unbranched alkanes of at least 4 members (excludes halogenated alkanes) is 3. The molecule has 7 heteroatoms. The molecule has 1 heterocycles. The van der Waals surface area contributed by atoms with Gasteiger partial charge in [0, 0.05) is 12.7 Å². The molecule has 1 atom stereocenters. The third-order valence-corrected chi connectivity index (χ3v) is 4.62. The van der Waals surface area contributed by atoms with E-state index in [1.807, 2.05) is 18.2 Å². The number of amides is 1. The molecule has 1 aromatic carbocycles. The fourth-order valence-corrected chi connectivity index (χ4v) is 3.08. The zero-order valence-electron chi connectivity index (χ0n) is 16.4. The van der Waals surface area contributed by atoms with E-state index in [1.165, 1.54) is 6.33 Å². The van der Waals surface area contributed by atoms with Gasteiger partial charge in [0.15, 0.2) is 0 Å². The van der Waals surface area contributed by atoms with Crippen molar-refractivity contribution in [2.45, 2.75) is 57.6 Å². The predicted molar refractivity (Wildman–Crippen MR) is 109 cm³/mol. The molecule has 0 radical (unpaired) electrons. The van der Waals surface area contributed by atoms with Gasteiger partial charge in [-0.3, -0.25) is 4.79 Å². The molecular weight excluding hydrogens is 356 g/mol. The fourth-order valence-electron chi connectivity index (χ4n) is 3.08. The number of aryl methyl sites for hydroxylation is 1. The predicted octanol–water partition coefficient (Wildman–Crippen LogP) is 2.26. The molecule has 0 aliphatic rings. The first kappa shape index (κ1) is 21.9. The van der Waals surface area contributed by atoms with Crippen LogP contribution in [0.1, 0.15) is 54.6 Å². The van der Waals surface area contributed by atoms with Crippen LogP contribution in [0.3, 0.4) is 0 Å². The quantitative estimate of drug-likeness (QED) is 0.429. The lowest BCUT2D eigenvalue weighted by atomic mass is 10.0. The Morgan fingerprint density at radius 3 is 2.71 bits per heavy atom. The molecule has 0 bridgehead atoms.